The van der Waals surface area contributed by atoms with E-state index in [1.807, 2.05) is 0 Å². The Hall–Kier alpha value is -0.960. The highest BCUT2D eigenvalue weighted by Crippen LogP contribution is 2.71. The number of aliphatic hydroxyl groups is 14. The lowest BCUT2D eigenvalue weighted by Gasteiger charge is -2.62. The van der Waals surface area contributed by atoms with Crippen LogP contribution in [0.5, 0.6) is 0 Å². The Labute approximate surface area is 429 Å². The lowest BCUT2D eigenvalue weighted by Crippen LogP contribution is -2.68. The number of hydrogen-bond acceptors (Lipinski definition) is 24. The lowest BCUT2D eigenvalue weighted by atomic mass is 9.44. The second-order valence-electron chi connectivity index (χ2n) is 24.1. The molecule has 0 aromatic carbocycles. The van der Waals surface area contributed by atoms with E-state index in [1.54, 1.807) is 0 Å². The summed E-state index contributed by atoms with van der Waals surface area (Å²) >= 11 is 0. The van der Waals surface area contributed by atoms with Crippen molar-refractivity contribution in [3.05, 3.63) is 0 Å². The van der Waals surface area contributed by atoms with Crippen LogP contribution in [0.3, 0.4) is 0 Å². The van der Waals surface area contributed by atoms with Crippen LogP contribution in [0.4, 0.5) is 0 Å². The van der Waals surface area contributed by atoms with Gasteiger partial charge in [0.05, 0.1) is 57.5 Å². The van der Waals surface area contributed by atoms with E-state index >= 15 is 0 Å². The van der Waals surface area contributed by atoms with Gasteiger partial charge in [-0.2, -0.15) is 0 Å². The standard InChI is InChI=1S/C50H82O24/c1-18-7-10-50(66-16-18)19(2)29-41(74-50)34(59)30-21-6-5-20-11-25(23(54)12-49(20,4)22(21)8-9-48(29,30)3)67-45-39(64)36(61)40(28(15-53)70-45)71-47-43(73-46-38(63)35(60)32(57)26(13-51)68-46)42(33(58)27(14-52)69-47)72-44-37(62)31(56)24(55)17-65-44/h18-47,51-64H,5-17H2,1-4H3/t18-,19+,20+,21?,22?,23-,24-,25-,26-,27-,28-,29?,30?,31+,32-,33-,34+,35+,36-,37-,38-,39-,40+,41?,42+,43-,44+,45-,46+,47+,48-,49?,50-/m1/s1. The second-order valence-corrected chi connectivity index (χ2v) is 24.1. The molecule has 0 radical (unpaired) electrons. The third kappa shape index (κ3) is 9.35. The molecule has 6 aliphatic heterocycles. The van der Waals surface area contributed by atoms with Crippen molar-refractivity contribution in [1.82, 2.24) is 0 Å². The van der Waals surface area contributed by atoms with Gasteiger partial charge in [-0.05, 0) is 85.4 Å². The summed E-state index contributed by atoms with van der Waals surface area (Å²) in [4.78, 5) is 0. The highest BCUT2D eigenvalue weighted by atomic mass is 16.8. The molecule has 10 rings (SSSR count). The van der Waals surface area contributed by atoms with Crippen LogP contribution in [0.15, 0.2) is 0 Å². The van der Waals surface area contributed by atoms with Crippen LogP contribution in [0.25, 0.3) is 0 Å². The number of rotatable bonds is 11. The van der Waals surface area contributed by atoms with Gasteiger partial charge in [0.2, 0.25) is 0 Å². The Kier molecular flexibility index (Phi) is 16.4. The van der Waals surface area contributed by atoms with Crippen molar-refractivity contribution in [3.8, 4) is 0 Å². The summed E-state index contributed by atoms with van der Waals surface area (Å²) in [7, 11) is 0. The van der Waals surface area contributed by atoms with Crippen LogP contribution >= 0.6 is 0 Å². The average Bonchev–Trinajstić information content (AvgIpc) is 3.79. The number of ether oxygens (including phenoxy) is 10. The van der Waals surface area contributed by atoms with Crippen LogP contribution in [0.1, 0.15) is 79.1 Å². The van der Waals surface area contributed by atoms with Gasteiger partial charge in [0.1, 0.15) is 91.6 Å². The first kappa shape index (κ1) is 56.3. The van der Waals surface area contributed by atoms with E-state index < -0.39 is 167 Å². The Balaban J connectivity index is 0.830. The van der Waals surface area contributed by atoms with Crippen molar-refractivity contribution >= 4 is 0 Å². The zero-order valence-corrected chi connectivity index (χ0v) is 42.4. The number of hydrogen-bond donors (Lipinski definition) is 14. The maximum absolute atomic E-state index is 12.3. The summed E-state index contributed by atoms with van der Waals surface area (Å²) in [6, 6.07) is 0. The van der Waals surface area contributed by atoms with E-state index in [0.717, 1.165) is 38.5 Å². The predicted molar refractivity (Wildman–Crippen MR) is 245 cm³/mol. The highest BCUT2D eigenvalue weighted by Gasteiger charge is 2.73. The fourth-order valence-corrected chi connectivity index (χ4v) is 16.0. The molecule has 0 amide bonds. The Morgan fingerprint density at radius 3 is 1.82 bits per heavy atom. The van der Waals surface area contributed by atoms with Crippen LogP contribution in [0.2, 0.25) is 0 Å². The second kappa shape index (κ2) is 21.5. The van der Waals surface area contributed by atoms with E-state index in [-0.39, 0.29) is 52.4 Å². The van der Waals surface area contributed by atoms with Crippen molar-refractivity contribution in [2.75, 3.05) is 33.0 Å². The maximum Gasteiger partial charge on any atom is 0.187 e. The molecule has 0 bridgehead atoms. The van der Waals surface area contributed by atoms with E-state index in [0.29, 0.717) is 25.4 Å². The molecular weight excluding hydrogens is 985 g/mol. The van der Waals surface area contributed by atoms with Crippen LogP contribution in [0, 0.1) is 52.3 Å². The summed E-state index contributed by atoms with van der Waals surface area (Å²) in [6.45, 7) is 6.51. The smallest absolute Gasteiger partial charge is 0.187 e. The molecule has 10 aliphatic rings. The van der Waals surface area contributed by atoms with E-state index in [4.69, 9.17) is 47.4 Å². The van der Waals surface area contributed by atoms with Crippen molar-refractivity contribution < 1.29 is 119 Å². The summed E-state index contributed by atoms with van der Waals surface area (Å²) in [6.07, 6.45) is -30.7. The Bertz CT molecular complexity index is 1900. The molecule has 1 spiro atoms. The molecule has 33 atom stereocenters. The monoisotopic (exact) mass is 1070 g/mol. The Morgan fingerprint density at radius 2 is 1.14 bits per heavy atom. The number of aliphatic hydroxyl groups excluding tert-OH is 14. The fraction of sp³-hybridized carbons (Fsp3) is 1.00. The molecule has 6 unspecified atom stereocenters. The van der Waals surface area contributed by atoms with E-state index in [2.05, 4.69) is 27.7 Å². The van der Waals surface area contributed by atoms with Crippen LogP contribution < -0.4 is 0 Å². The molecule has 4 saturated carbocycles. The zero-order valence-electron chi connectivity index (χ0n) is 42.4. The molecular formula is C50H82O24. The van der Waals surface area contributed by atoms with Crippen molar-refractivity contribution in [2.24, 2.45) is 52.3 Å². The molecule has 6 saturated heterocycles. The summed E-state index contributed by atoms with van der Waals surface area (Å²) in [5.74, 6) is 0.623. The van der Waals surface area contributed by atoms with Crippen LogP contribution in [-0.2, 0) is 47.4 Å². The average molecular weight is 1070 g/mol. The van der Waals surface area contributed by atoms with Gasteiger partial charge in [-0.3, -0.25) is 0 Å². The number of fused-ring (bicyclic) bond motifs is 7. The first-order valence-corrected chi connectivity index (χ1v) is 26.9. The minimum absolute atomic E-state index is 0.0229. The van der Waals surface area contributed by atoms with E-state index in [9.17, 15) is 71.5 Å². The third-order valence-corrected chi connectivity index (χ3v) is 20.0. The molecule has 426 valence electrons. The minimum atomic E-state index is -2.03. The first-order valence-electron chi connectivity index (χ1n) is 26.9. The van der Waals surface area contributed by atoms with Gasteiger partial charge in [-0.1, -0.05) is 27.7 Å². The predicted octanol–water partition coefficient (Wildman–Crippen LogP) is -4.33. The van der Waals surface area contributed by atoms with Gasteiger partial charge in [0.25, 0.3) is 0 Å². The van der Waals surface area contributed by atoms with Gasteiger partial charge in [0.15, 0.2) is 30.9 Å². The minimum Gasteiger partial charge on any atom is -0.394 e. The molecule has 74 heavy (non-hydrogen) atoms. The molecule has 0 aromatic rings. The van der Waals surface area contributed by atoms with Crippen molar-refractivity contribution in [2.45, 2.75) is 226 Å². The molecule has 24 heteroatoms. The summed E-state index contributed by atoms with van der Waals surface area (Å²) in [5.41, 5.74) is -0.460. The molecule has 14 N–H and O–H groups in total. The van der Waals surface area contributed by atoms with Gasteiger partial charge in [-0.25, -0.2) is 0 Å². The largest absolute Gasteiger partial charge is 0.394 e. The van der Waals surface area contributed by atoms with E-state index in [1.165, 1.54) is 0 Å². The van der Waals surface area contributed by atoms with Gasteiger partial charge in [-0.15, -0.1) is 0 Å². The molecule has 0 aromatic heterocycles. The summed E-state index contributed by atoms with van der Waals surface area (Å²) < 4.78 is 60.8. The first-order chi connectivity index (χ1) is 35.1. The summed E-state index contributed by atoms with van der Waals surface area (Å²) in [5, 5.41) is 154. The lowest BCUT2D eigenvalue weighted by molar-refractivity contribution is -0.404. The molecule has 6 heterocycles. The SMILES string of the molecule is C[C@@H]1CC[C@@]2(OC1)OC1C([C@@H]2C)[C@@]2(C)CCC3C(CC[C@H]4C[C@@H](O[C@@H]5O[C@H](CO)[C@H](O[C@@H]6O[C@H](CO)[C@@H](O)[C@H](O[C@@H]7OC[C@@H](O)[C@H](O)[C@H]7O)[C@H]6O[C@@H]6O[C@H](CO)[C@@H](O)[C@H](O)[C@H]6O)[C@H](O)[C@H]5O)[C@H](O)CC34C)C2[C@@H]1O. The van der Waals surface area contributed by atoms with Crippen molar-refractivity contribution in [3.63, 3.8) is 0 Å². The molecule has 4 aliphatic carbocycles. The van der Waals surface area contributed by atoms with Crippen LogP contribution in [-0.4, -0.2) is 251 Å². The zero-order chi connectivity index (χ0) is 53.1. The van der Waals surface area contributed by atoms with Gasteiger partial charge in [0, 0.05) is 18.3 Å². The normalized spacial score (nSPS) is 58.6. The maximum atomic E-state index is 12.3. The molecule has 10 fully saturated rings. The van der Waals surface area contributed by atoms with Crippen molar-refractivity contribution in [1.29, 1.82) is 0 Å². The fourth-order valence-electron chi connectivity index (χ4n) is 16.0. The molecule has 24 nitrogen and oxygen atoms in total. The highest BCUT2D eigenvalue weighted by molar-refractivity contribution is 5.19. The van der Waals surface area contributed by atoms with Gasteiger partial charge < -0.3 is 119 Å². The topological polar surface area (TPSA) is 376 Å². The quantitative estimate of drug-likeness (QED) is 0.0870. The third-order valence-electron chi connectivity index (χ3n) is 20.0. The Morgan fingerprint density at radius 1 is 0.514 bits per heavy atom. The van der Waals surface area contributed by atoms with Gasteiger partial charge >= 0.3 is 0 Å².